The summed E-state index contributed by atoms with van der Waals surface area (Å²) in [7, 11) is 0. The lowest BCUT2D eigenvalue weighted by Crippen LogP contribution is -1.69. The van der Waals surface area contributed by atoms with Gasteiger partial charge in [0.25, 0.3) is 0 Å². The third kappa shape index (κ3) is 0.625. The molecule has 1 aromatic carbocycles. The van der Waals surface area contributed by atoms with Crippen LogP contribution < -0.4 is 0 Å². The summed E-state index contributed by atoms with van der Waals surface area (Å²) in [5.41, 5.74) is 2.14. The zero-order valence-corrected chi connectivity index (χ0v) is 6.26. The van der Waals surface area contributed by atoms with Crippen LogP contribution >= 0.6 is 0 Å². The molecule has 2 N–H and O–H groups in total. The van der Waals surface area contributed by atoms with Crippen LogP contribution in [0.3, 0.4) is 0 Å². The first-order chi connectivity index (χ1) is 5.93. The van der Waals surface area contributed by atoms with Crippen molar-refractivity contribution in [1.29, 1.82) is 0 Å². The van der Waals surface area contributed by atoms with Crippen molar-refractivity contribution in [2.45, 2.75) is 0 Å². The van der Waals surface area contributed by atoms with E-state index < -0.39 is 0 Å². The van der Waals surface area contributed by atoms with Crippen molar-refractivity contribution in [1.82, 2.24) is 15.2 Å². The molecule has 3 aromatic rings. The molecular formula is C9H6N3. The van der Waals surface area contributed by atoms with Crippen LogP contribution in [0.25, 0.3) is 21.8 Å². The number of fused-ring (bicyclic) bond motifs is 2. The third-order valence-corrected chi connectivity index (χ3v) is 2.04. The van der Waals surface area contributed by atoms with E-state index >= 15 is 0 Å². The number of aromatic nitrogens is 3. The lowest BCUT2D eigenvalue weighted by atomic mass is 10.2. The normalized spacial score (nSPS) is 11.3. The maximum Gasteiger partial charge on any atom is 0.121 e. The van der Waals surface area contributed by atoms with E-state index in [1.165, 1.54) is 5.39 Å². The van der Waals surface area contributed by atoms with E-state index in [-0.39, 0.29) is 0 Å². The SMILES string of the molecule is [c]1n[nH]c2cc3[nH]ccc3cc12. The molecule has 57 valence electrons. The zero-order valence-electron chi connectivity index (χ0n) is 6.26. The number of hydrogen-bond acceptors (Lipinski definition) is 1. The molecule has 0 aliphatic heterocycles. The second kappa shape index (κ2) is 1.88. The molecule has 3 rings (SSSR count). The smallest absolute Gasteiger partial charge is 0.121 e. The van der Waals surface area contributed by atoms with Gasteiger partial charge in [-0.1, -0.05) is 0 Å². The first kappa shape index (κ1) is 5.83. The largest absolute Gasteiger partial charge is 0.361 e. The maximum atomic E-state index is 3.84. The van der Waals surface area contributed by atoms with Gasteiger partial charge in [-0.25, -0.2) is 0 Å². The highest BCUT2D eigenvalue weighted by Gasteiger charge is 1.99. The van der Waals surface area contributed by atoms with Crippen LogP contribution in [-0.2, 0) is 0 Å². The van der Waals surface area contributed by atoms with Gasteiger partial charge in [0.1, 0.15) is 6.20 Å². The van der Waals surface area contributed by atoms with Gasteiger partial charge < -0.3 is 4.98 Å². The van der Waals surface area contributed by atoms with E-state index in [1.807, 2.05) is 18.3 Å². The summed E-state index contributed by atoms with van der Waals surface area (Å²) in [4.78, 5) is 3.14. The summed E-state index contributed by atoms with van der Waals surface area (Å²) in [5, 5.41) is 8.94. The van der Waals surface area contributed by atoms with E-state index in [4.69, 9.17) is 0 Å². The van der Waals surface area contributed by atoms with E-state index in [0.29, 0.717) is 0 Å². The summed E-state index contributed by atoms with van der Waals surface area (Å²) in [6.45, 7) is 0. The zero-order chi connectivity index (χ0) is 7.97. The minimum Gasteiger partial charge on any atom is -0.361 e. The molecule has 0 fully saturated rings. The highest BCUT2D eigenvalue weighted by Crippen LogP contribution is 2.18. The van der Waals surface area contributed by atoms with Crippen molar-refractivity contribution >= 4 is 21.8 Å². The van der Waals surface area contributed by atoms with Gasteiger partial charge in [-0.15, -0.1) is 0 Å². The minimum absolute atomic E-state index is 1.02. The van der Waals surface area contributed by atoms with E-state index in [0.717, 1.165) is 16.4 Å². The van der Waals surface area contributed by atoms with Crippen LogP contribution in [0, 0.1) is 6.20 Å². The quantitative estimate of drug-likeness (QED) is 0.512. The van der Waals surface area contributed by atoms with Gasteiger partial charge in [0.05, 0.1) is 5.52 Å². The van der Waals surface area contributed by atoms with Gasteiger partial charge in [0, 0.05) is 22.5 Å². The number of nitrogens with zero attached hydrogens (tertiary/aromatic N) is 1. The third-order valence-electron chi connectivity index (χ3n) is 2.04. The minimum atomic E-state index is 1.02. The standard InChI is InChI=1S/C9H6N3/c1-2-10-8-4-9-7(3-6(1)8)5-11-12-9/h1-4,10H,(H,11,12). The maximum absolute atomic E-state index is 3.84. The highest BCUT2D eigenvalue weighted by molar-refractivity contribution is 5.94. The lowest BCUT2D eigenvalue weighted by Gasteiger charge is -1.89. The van der Waals surface area contributed by atoms with Gasteiger partial charge in [0.2, 0.25) is 0 Å². The molecule has 0 bridgehead atoms. The van der Waals surface area contributed by atoms with Crippen molar-refractivity contribution < 1.29 is 0 Å². The van der Waals surface area contributed by atoms with Crippen LogP contribution in [0.2, 0.25) is 0 Å². The van der Waals surface area contributed by atoms with Crippen molar-refractivity contribution in [3.63, 3.8) is 0 Å². The summed E-state index contributed by atoms with van der Waals surface area (Å²) in [6.07, 6.45) is 4.81. The van der Waals surface area contributed by atoms with Crippen molar-refractivity contribution in [2.75, 3.05) is 0 Å². The predicted octanol–water partition coefficient (Wildman–Crippen LogP) is 1.84. The molecule has 0 atom stereocenters. The molecule has 0 aliphatic carbocycles. The number of rotatable bonds is 0. The summed E-state index contributed by atoms with van der Waals surface area (Å²) in [5.74, 6) is 0. The number of H-pyrrole nitrogens is 2. The van der Waals surface area contributed by atoms with Crippen molar-refractivity contribution in [2.24, 2.45) is 0 Å². The lowest BCUT2D eigenvalue weighted by molar-refractivity contribution is 1.11. The molecule has 0 amide bonds. The second-order valence-corrected chi connectivity index (χ2v) is 2.80. The van der Waals surface area contributed by atoms with Crippen LogP contribution in [0.4, 0.5) is 0 Å². The number of hydrogen-bond donors (Lipinski definition) is 2. The molecule has 2 aromatic heterocycles. The molecular weight excluding hydrogens is 150 g/mol. The van der Waals surface area contributed by atoms with E-state index in [1.54, 1.807) is 0 Å². The first-order valence-corrected chi connectivity index (χ1v) is 3.76. The second-order valence-electron chi connectivity index (χ2n) is 2.80. The van der Waals surface area contributed by atoms with Crippen LogP contribution in [0.1, 0.15) is 0 Å². The molecule has 0 saturated carbocycles. The summed E-state index contributed by atoms with van der Waals surface area (Å²) >= 11 is 0. The van der Waals surface area contributed by atoms with E-state index in [2.05, 4.69) is 27.4 Å². The number of benzene rings is 1. The monoisotopic (exact) mass is 156 g/mol. The molecule has 12 heavy (non-hydrogen) atoms. The molecule has 0 unspecified atom stereocenters. The summed E-state index contributed by atoms with van der Waals surface area (Å²) in [6, 6.07) is 6.13. The Kier molecular flexibility index (Phi) is 0.913. The Morgan fingerprint density at radius 2 is 2.25 bits per heavy atom. The fourth-order valence-electron chi connectivity index (χ4n) is 1.43. The van der Waals surface area contributed by atoms with E-state index in [9.17, 15) is 0 Å². The van der Waals surface area contributed by atoms with Gasteiger partial charge in [-0.05, 0) is 18.2 Å². The topological polar surface area (TPSA) is 44.5 Å². The average Bonchev–Trinajstić information content (AvgIpc) is 2.64. The average molecular weight is 156 g/mol. The number of aromatic amines is 2. The molecule has 3 heteroatoms. The van der Waals surface area contributed by atoms with Crippen LogP contribution in [0.15, 0.2) is 24.4 Å². The molecule has 2 heterocycles. The van der Waals surface area contributed by atoms with Gasteiger partial charge in [0.15, 0.2) is 0 Å². The van der Waals surface area contributed by atoms with Crippen molar-refractivity contribution in [3.8, 4) is 0 Å². The van der Waals surface area contributed by atoms with Gasteiger partial charge in [-0.3, -0.25) is 5.10 Å². The molecule has 3 nitrogen and oxygen atoms in total. The fourth-order valence-corrected chi connectivity index (χ4v) is 1.43. The molecule has 0 aliphatic rings. The molecule has 0 saturated heterocycles. The molecule has 0 spiro atoms. The Morgan fingerprint density at radius 3 is 3.25 bits per heavy atom. The Morgan fingerprint density at radius 1 is 1.25 bits per heavy atom. The van der Waals surface area contributed by atoms with Gasteiger partial charge in [-0.2, -0.15) is 5.10 Å². The Hall–Kier alpha value is -1.77. The highest BCUT2D eigenvalue weighted by atomic mass is 15.1. The predicted molar refractivity (Wildman–Crippen MR) is 46.8 cm³/mol. The Balaban J connectivity index is 2.62. The molecule has 1 radical (unpaired) electrons. The fraction of sp³-hybridized carbons (Fsp3) is 0. The van der Waals surface area contributed by atoms with Crippen LogP contribution in [-0.4, -0.2) is 15.2 Å². The van der Waals surface area contributed by atoms with Crippen molar-refractivity contribution in [3.05, 3.63) is 30.6 Å². The van der Waals surface area contributed by atoms with Crippen LogP contribution in [0.5, 0.6) is 0 Å². The summed E-state index contributed by atoms with van der Waals surface area (Å²) < 4.78 is 0. The first-order valence-electron chi connectivity index (χ1n) is 3.76. The van der Waals surface area contributed by atoms with Gasteiger partial charge >= 0.3 is 0 Å². The Bertz CT molecular complexity index is 442. The number of nitrogens with one attached hydrogen (secondary N) is 2. The Labute approximate surface area is 68.4 Å².